The van der Waals surface area contributed by atoms with E-state index in [0.29, 0.717) is 24.3 Å². The first-order valence-corrected chi connectivity index (χ1v) is 13.0. The number of esters is 1. The van der Waals surface area contributed by atoms with E-state index in [0.717, 1.165) is 37.0 Å². The Morgan fingerprint density at radius 1 is 1.05 bits per heavy atom. The van der Waals surface area contributed by atoms with E-state index >= 15 is 0 Å². The van der Waals surface area contributed by atoms with Gasteiger partial charge in [0.05, 0.1) is 26.0 Å². The average Bonchev–Trinajstić information content (AvgIpc) is 2.95. The highest BCUT2D eigenvalue weighted by molar-refractivity contribution is 6.07. The number of likely N-dealkylation sites (tertiary alicyclic amines) is 1. The molecule has 10 nitrogen and oxygen atoms in total. The van der Waals surface area contributed by atoms with Crippen molar-refractivity contribution in [1.29, 1.82) is 0 Å². The van der Waals surface area contributed by atoms with Crippen LogP contribution in [0.3, 0.4) is 0 Å². The van der Waals surface area contributed by atoms with Crippen molar-refractivity contribution in [3.05, 3.63) is 23.8 Å². The second-order valence-electron chi connectivity index (χ2n) is 9.99. The van der Waals surface area contributed by atoms with Crippen LogP contribution in [-0.4, -0.2) is 85.6 Å². The van der Waals surface area contributed by atoms with Gasteiger partial charge in [0.25, 0.3) is 0 Å². The minimum Gasteiger partial charge on any atom is -0.493 e. The van der Waals surface area contributed by atoms with Gasteiger partial charge in [0.2, 0.25) is 11.8 Å². The lowest BCUT2D eigenvalue weighted by Gasteiger charge is -2.43. The number of ether oxygens (including phenoxy) is 3. The fourth-order valence-corrected chi connectivity index (χ4v) is 5.58. The van der Waals surface area contributed by atoms with Gasteiger partial charge in [0.15, 0.2) is 11.5 Å². The monoisotopic (exact) mass is 554 g/mol. The predicted octanol–water partition coefficient (Wildman–Crippen LogP) is 2.48. The van der Waals surface area contributed by atoms with Gasteiger partial charge in [-0.1, -0.05) is 12.8 Å². The van der Waals surface area contributed by atoms with Crippen molar-refractivity contribution in [1.82, 2.24) is 9.91 Å². The highest BCUT2D eigenvalue weighted by Crippen LogP contribution is 2.40. The van der Waals surface area contributed by atoms with Crippen LogP contribution >= 0.6 is 0 Å². The van der Waals surface area contributed by atoms with Crippen molar-refractivity contribution < 1.29 is 41.8 Å². The Balaban J connectivity index is 1.47. The van der Waals surface area contributed by atoms with Crippen LogP contribution in [0.4, 0.5) is 13.2 Å². The van der Waals surface area contributed by atoms with Crippen molar-refractivity contribution in [2.75, 3.05) is 33.9 Å². The number of benzene rings is 1. The van der Waals surface area contributed by atoms with E-state index in [1.54, 1.807) is 19.2 Å². The fraction of sp³-hybridized carbons (Fsp3) is 0.615. The second-order valence-corrected chi connectivity index (χ2v) is 9.99. The number of nitrogens with zero attached hydrogens (tertiary/aromatic N) is 3. The summed E-state index contributed by atoms with van der Waals surface area (Å²) in [5.41, 5.74) is 7.38. The highest BCUT2D eigenvalue weighted by atomic mass is 19.4. The number of rotatable bonds is 7. The van der Waals surface area contributed by atoms with Gasteiger partial charge in [0, 0.05) is 30.5 Å². The normalized spacial score (nSPS) is 23.0. The largest absolute Gasteiger partial charge is 0.493 e. The summed E-state index contributed by atoms with van der Waals surface area (Å²) in [7, 11) is 3.12. The summed E-state index contributed by atoms with van der Waals surface area (Å²) in [6.07, 6.45) is -0.700. The van der Waals surface area contributed by atoms with E-state index in [9.17, 15) is 27.6 Å². The molecule has 2 heterocycles. The van der Waals surface area contributed by atoms with Crippen molar-refractivity contribution in [2.24, 2.45) is 22.7 Å². The van der Waals surface area contributed by atoms with E-state index in [-0.39, 0.29) is 36.9 Å². The first-order valence-electron chi connectivity index (χ1n) is 13.0. The van der Waals surface area contributed by atoms with Crippen molar-refractivity contribution >= 4 is 23.5 Å². The smallest absolute Gasteiger partial charge is 0.490 e. The lowest BCUT2D eigenvalue weighted by molar-refractivity contribution is -0.200. The number of hydrogen-bond acceptors (Lipinski definition) is 8. The number of halogens is 3. The van der Waals surface area contributed by atoms with Crippen molar-refractivity contribution in [3.8, 4) is 11.5 Å². The number of hydrazone groups is 1. The van der Waals surface area contributed by atoms with Crippen LogP contribution in [0, 0.1) is 11.8 Å². The van der Waals surface area contributed by atoms with Crippen LogP contribution in [0.5, 0.6) is 11.5 Å². The molecule has 1 saturated carbocycles. The molecule has 0 aromatic heterocycles. The zero-order valence-electron chi connectivity index (χ0n) is 21.9. The first-order chi connectivity index (χ1) is 18.5. The summed E-state index contributed by atoms with van der Waals surface area (Å²) in [4.78, 5) is 38.5. The molecule has 3 atom stereocenters. The zero-order chi connectivity index (χ0) is 28.3. The number of amides is 2. The molecule has 1 saturated heterocycles. The number of carbonyl (C=O) groups is 3. The Bertz CT molecular complexity index is 1120. The van der Waals surface area contributed by atoms with Crippen LogP contribution in [0.1, 0.15) is 44.1 Å². The van der Waals surface area contributed by atoms with Gasteiger partial charge < -0.3 is 24.8 Å². The maximum absolute atomic E-state index is 13.5. The number of piperidine rings is 1. The quantitative estimate of drug-likeness (QED) is 0.514. The Hall–Kier alpha value is -3.35. The van der Waals surface area contributed by atoms with E-state index in [1.165, 1.54) is 4.90 Å². The number of fused-ring (bicyclic) bond motifs is 1. The molecule has 1 aromatic rings. The number of methoxy groups -OCH3 is 2. The minimum atomic E-state index is -5.16. The Morgan fingerprint density at radius 2 is 1.69 bits per heavy atom. The van der Waals surface area contributed by atoms with Crippen LogP contribution in [-0.2, 0) is 19.1 Å². The van der Waals surface area contributed by atoms with Gasteiger partial charge in [-0.25, -0.2) is 9.80 Å². The topological polar surface area (TPSA) is 124 Å². The number of alkyl halides is 3. The van der Waals surface area contributed by atoms with E-state index in [4.69, 9.17) is 20.3 Å². The summed E-state index contributed by atoms with van der Waals surface area (Å²) in [6, 6.07) is 3.93. The molecule has 3 aliphatic rings. The minimum absolute atomic E-state index is 0.000301. The summed E-state index contributed by atoms with van der Waals surface area (Å²) in [6.45, 7) is -0.392. The molecule has 13 heteroatoms. The van der Waals surface area contributed by atoms with Crippen molar-refractivity contribution in [2.45, 2.75) is 56.8 Å². The Labute approximate surface area is 224 Å². The maximum atomic E-state index is 13.5. The summed E-state index contributed by atoms with van der Waals surface area (Å²) < 4.78 is 52.0. The van der Waals surface area contributed by atoms with Gasteiger partial charge >= 0.3 is 12.1 Å². The zero-order valence-corrected chi connectivity index (χ0v) is 21.9. The standard InChI is InChI=1S/C26H33F3N4O6/c1-37-20-8-7-15(13-21(20)38-2)22-17-5-3-4-6-18(17)23(34)33(31-22)16-9-11-32(12-10-16)24(35)19(30)14-39-25(36)26(27,28)29/h7-8,13,16-19H,3-6,9-12,14,30H2,1-2H3/t17-,18+,19-/m0/s1. The lowest BCUT2D eigenvalue weighted by Crippen LogP contribution is -2.55. The fourth-order valence-electron chi connectivity index (χ4n) is 5.58. The molecule has 0 radical (unpaired) electrons. The number of hydrogen-bond donors (Lipinski definition) is 1. The molecular formula is C26H33F3N4O6. The molecule has 1 aromatic carbocycles. The lowest BCUT2D eigenvalue weighted by atomic mass is 9.73. The summed E-state index contributed by atoms with van der Waals surface area (Å²) >= 11 is 0. The molecule has 2 N–H and O–H groups in total. The van der Waals surface area contributed by atoms with Gasteiger partial charge in [0.1, 0.15) is 12.6 Å². The van der Waals surface area contributed by atoms with Crippen LogP contribution in [0.2, 0.25) is 0 Å². The first kappa shape index (κ1) is 28.7. The van der Waals surface area contributed by atoms with E-state index in [2.05, 4.69) is 4.74 Å². The van der Waals surface area contributed by atoms with Crippen molar-refractivity contribution in [3.63, 3.8) is 0 Å². The molecule has 0 spiro atoms. The van der Waals surface area contributed by atoms with Crippen LogP contribution in [0.25, 0.3) is 0 Å². The van der Waals surface area contributed by atoms with Gasteiger partial charge in [-0.3, -0.25) is 9.59 Å². The molecule has 214 valence electrons. The third-order valence-electron chi connectivity index (χ3n) is 7.62. The molecule has 2 amide bonds. The van der Waals surface area contributed by atoms with Gasteiger partial charge in [-0.05, 0) is 43.9 Å². The second kappa shape index (κ2) is 11.8. The molecule has 0 bridgehead atoms. The molecule has 39 heavy (non-hydrogen) atoms. The van der Waals surface area contributed by atoms with Gasteiger partial charge in [-0.15, -0.1) is 0 Å². The van der Waals surface area contributed by atoms with E-state index < -0.39 is 30.7 Å². The van der Waals surface area contributed by atoms with Crippen LogP contribution < -0.4 is 15.2 Å². The molecule has 2 fully saturated rings. The van der Waals surface area contributed by atoms with Gasteiger partial charge in [-0.2, -0.15) is 18.3 Å². The highest BCUT2D eigenvalue weighted by Gasteiger charge is 2.44. The summed E-state index contributed by atoms with van der Waals surface area (Å²) in [5.74, 6) is -2.06. The average molecular weight is 555 g/mol. The predicted molar refractivity (Wildman–Crippen MR) is 133 cm³/mol. The SMILES string of the molecule is COc1ccc(C2=NN(C3CCN(C(=O)[C@@H](N)COC(=O)C(F)(F)F)CC3)C(=O)[C@@H]3CCCC[C@H]23)cc1OC. The summed E-state index contributed by atoms with van der Waals surface area (Å²) in [5, 5.41) is 6.42. The number of carbonyl (C=O) groups excluding carboxylic acids is 3. The maximum Gasteiger partial charge on any atom is 0.490 e. The molecule has 0 unspecified atom stereocenters. The Morgan fingerprint density at radius 3 is 2.31 bits per heavy atom. The van der Waals surface area contributed by atoms with E-state index in [1.807, 2.05) is 18.2 Å². The third-order valence-corrected chi connectivity index (χ3v) is 7.62. The van der Waals surface area contributed by atoms with Crippen LogP contribution in [0.15, 0.2) is 23.3 Å². The number of nitrogens with two attached hydrogens (primary N) is 1. The third kappa shape index (κ3) is 6.13. The molecule has 4 rings (SSSR count). The molecular weight excluding hydrogens is 521 g/mol. The molecule has 2 aliphatic heterocycles. The molecule has 1 aliphatic carbocycles. The Kier molecular flexibility index (Phi) is 8.67.